The van der Waals surface area contributed by atoms with Gasteiger partial charge in [-0.15, -0.1) is 0 Å². The lowest BCUT2D eigenvalue weighted by molar-refractivity contribution is -0.161. The second-order valence-electron chi connectivity index (χ2n) is 25.2. The van der Waals surface area contributed by atoms with Crippen molar-refractivity contribution in [3.63, 3.8) is 0 Å². The number of ether oxygens (including phenoxy) is 4. The number of aliphatic hydroxyl groups is 1. The average Bonchev–Trinajstić information content (AvgIpc) is 1.17. The lowest BCUT2D eigenvalue weighted by Crippen LogP contribution is -2.30. The van der Waals surface area contributed by atoms with Gasteiger partial charge in [-0.1, -0.05) is 273 Å². The van der Waals surface area contributed by atoms with Gasteiger partial charge in [0.05, 0.1) is 26.4 Å². The van der Waals surface area contributed by atoms with Crippen molar-refractivity contribution in [1.82, 2.24) is 0 Å². The number of hydrogen-bond donors (Lipinski definition) is 3. The van der Waals surface area contributed by atoms with E-state index in [0.717, 1.165) is 135 Å². The maximum atomic E-state index is 13.1. The van der Waals surface area contributed by atoms with Crippen LogP contribution in [-0.2, 0) is 65.4 Å². The van der Waals surface area contributed by atoms with Crippen molar-refractivity contribution < 1.29 is 80.2 Å². The monoisotopic (exact) mass is 1390 g/mol. The molecule has 0 rings (SSSR count). The SMILES string of the molecule is CC/C=C\C/C=C\C/C=C\C/C=C\C/C=C\CCCC(=O)OCC(COP(=O)(O)OCC(O)COP(=O)(O)OCC(COC(=O)CCCCCCC/C=C\CCCCCCCC)OC(=O)CCCCCCC/C=C\CCCC)OC(=O)CCCCCCCCCCCCCCC. The van der Waals surface area contributed by atoms with Crippen molar-refractivity contribution in [2.75, 3.05) is 39.6 Å². The Bertz CT molecular complexity index is 2160. The molecule has 17 nitrogen and oxygen atoms in total. The first kappa shape index (κ1) is 92.2. The number of unbranched alkanes of at least 4 members (excludes halogenated alkanes) is 31. The topological polar surface area (TPSA) is 237 Å². The van der Waals surface area contributed by atoms with Crippen LogP contribution in [0.5, 0.6) is 0 Å². The fraction of sp³-hybridized carbons (Fsp3) is 0.766. The Balaban J connectivity index is 5.35. The average molecular weight is 1400 g/mol. The Kier molecular flexibility index (Phi) is 67.0. The Morgan fingerprint density at radius 3 is 0.917 bits per heavy atom. The molecule has 0 aliphatic heterocycles. The lowest BCUT2D eigenvalue weighted by atomic mass is 10.0. The third-order valence-corrected chi connectivity index (χ3v) is 17.7. The van der Waals surface area contributed by atoms with Gasteiger partial charge in [-0.3, -0.25) is 37.3 Å². The number of carbonyl (C=O) groups is 4. The third-order valence-electron chi connectivity index (χ3n) is 15.8. The van der Waals surface area contributed by atoms with E-state index in [2.05, 4.69) is 101 Å². The second kappa shape index (κ2) is 69.7. The molecule has 0 radical (unpaired) electrons. The highest BCUT2D eigenvalue weighted by Gasteiger charge is 2.30. The van der Waals surface area contributed by atoms with E-state index in [4.69, 9.17) is 37.0 Å². The molecule has 0 fully saturated rings. The van der Waals surface area contributed by atoms with E-state index in [-0.39, 0.29) is 25.7 Å². The molecule has 0 saturated heterocycles. The standard InChI is InChI=1S/C77H136O17P2/c1-5-9-13-17-21-25-29-32-34-35-37-40-43-46-50-54-58-62-75(80)88-68-73(94-77(82)64-60-56-52-48-44-38-31-27-23-19-15-11-7-3)70-92-96(85,86)90-66-71(78)65-89-95(83,84)91-69-72(93-76(81)63-59-55-51-47-41-28-24-20-16-12-8-4)67-87-74(79)61-57-53-49-45-42-39-36-33-30-26-22-18-14-10-6-2/h9,13,20-21,24-25,32-34,36-37,40,46,50,71-73,78H,5-8,10-12,14-19,22-23,26-31,35,38-39,41-45,47-49,51-70H2,1-4H3,(H,83,84)(H,85,86)/b13-9-,24-20-,25-21-,34-32-,36-33-,40-37-,50-46-. The molecule has 0 aromatic rings. The molecule has 0 saturated carbocycles. The summed E-state index contributed by atoms with van der Waals surface area (Å²) in [6, 6.07) is 0. The van der Waals surface area contributed by atoms with Gasteiger partial charge in [-0.2, -0.15) is 0 Å². The molecule has 0 aliphatic rings. The first-order valence-electron chi connectivity index (χ1n) is 37.8. The van der Waals surface area contributed by atoms with Crippen LogP contribution in [0.25, 0.3) is 0 Å². The van der Waals surface area contributed by atoms with E-state index in [0.29, 0.717) is 32.1 Å². The zero-order valence-electron chi connectivity index (χ0n) is 60.5. The molecule has 96 heavy (non-hydrogen) atoms. The number of esters is 4. The summed E-state index contributed by atoms with van der Waals surface area (Å²) in [6.07, 6.45) is 70.2. The maximum absolute atomic E-state index is 13.1. The molecular formula is C77H136O17P2. The van der Waals surface area contributed by atoms with Crippen LogP contribution in [0.4, 0.5) is 0 Å². The molecule has 0 aromatic heterocycles. The first-order valence-corrected chi connectivity index (χ1v) is 40.8. The molecule has 19 heteroatoms. The van der Waals surface area contributed by atoms with E-state index in [1.807, 2.05) is 12.2 Å². The molecule has 3 N–H and O–H groups in total. The molecule has 5 atom stereocenters. The van der Waals surface area contributed by atoms with Crippen LogP contribution in [0, 0.1) is 0 Å². The molecule has 0 spiro atoms. The van der Waals surface area contributed by atoms with Gasteiger partial charge in [-0.05, 0) is 109 Å². The van der Waals surface area contributed by atoms with Gasteiger partial charge in [0.2, 0.25) is 0 Å². The van der Waals surface area contributed by atoms with Crippen LogP contribution < -0.4 is 0 Å². The quantitative estimate of drug-likeness (QED) is 0.0169. The van der Waals surface area contributed by atoms with E-state index < -0.39 is 97.5 Å². The summed E-state index contributed by atoms with van der Waals surface area (Å²) < 4.78 is 68.3. The second-order valence-corrected chi connectivity index (χ2v) is 28.1. The summed E-state index contributed by atoms with van der Waals surface area (Å²) >= 11 is 0. The van der Waals surface area contributed by atoms with Gasteiger partial charge in [-0.25, -0.2) is 9.13 Å². The van der Waals surface area contributed by atoms with Crippen LogP contribution in [0.1, 0.15) is 323 Å². The molecule has 0 bridgehead atoms. The number of aliphatic hydroxyl groups excluding tert-OH is 1. The van der Waals surface area contributed by atoms with Gasteiger partial charge >= 0.3 is 39.5 Å². The van der Waals surface area contributed by atoms with Crippen molar-refractivity contribution >= 4 is 39.5 Å². The predicted molar refractivity (Wildman–Crippen MR) is 390 cm³/mol. The van der Waals surface area contributed by atoms with Gasteiger partial charge in [0.15, 0.2) is 12.2 Å². The van der Waals surface area contributed by atoms with E-state index in [9.17, 15) is 43.2 Å². The zero-order valence-corrected chi connectivity index (χ0v) is 62.3. The number of phosphoric acid groups is 2. The van der Waals surface area contributed by atoms with Gasteiger partial charge in [0, 0.05) is 25.7 Å². The molecule has 0 aromatic carbocycles. The number of phosphoric ester groups is 2. The van der Waals surface area contributed by atoms with E-state index in [1.54, 1.807) is 0 Å². The highest BCUT2D eigenvalue weighted by Crippen LogP contribution is 2.45. The fourth-order valence-corrected chi connectivity index (χ4v) is 11.6. The Hall–Kier alpha value is -3.76. The fourth-order valence-electron chi connectivity index (χ4n) is 10.1. The molecule has 0 heterocycles. The minimum absolute atomic E-state index is 0.0838. The van der Waals surface area contributed by atoms with Crippen molar-refractivity contribution in [3.8, 4) is 0 Å². The van der Waals surface area contributed by atoms with Gasteiger partial charge < -0.3 is 33.8 Å². The summed E-state index contributed by atoms with van der Waals surface area (Å²) in [5.41, 5.74) is 0. The highest BCUT2D eigenvalue weighted by molar-refractivity contribution is 7.47. The minimum atomic E-state index is -4.98. The molecular weight excluding hydrogens is 1260 g/mol. The van der Waals surface area contributed by atoms with Gasteiger partial charge in [0.1, 0.15) is 19.3 Å². The molecule has 556 valence electrons. The van der Waals surface area contributed by atoms with Crippen LogP contribution in [0.3, 0.4) is 0 Å². The van der Waals surface area contributed by atoms with Crippen molar-refractivity contribution in [2.45, 2.75) is 341 Å². The lowest BCUT2D eigenvalue weighted by Gasteiger charge is -2.21. The first-order chi connectivity index (χ1) is 46.7. The summed E-state index contributed by atoms with van der Waals surface area (Å²) in [6.45, 7) is 4.66. The van der Waals surface area contributed by atoms with Gasteiger partial charge in [0.25, 0.3) is 0 Å². The number of hydrogen-bond acceptors (Lipinski definition) is 15. The number of allylic oxidation sites excluding steroid dienone is 14. The normalized spacial score (nSPS) is 14.4. The maximum Gasteiger partial charge on any atom is 0.472 e. The van der Waals surface area contributed by atoms with Crippen molar-refractivity contribution in [3.05, 3.63) is 85.1 Å². The summed E-state index contributed by atoms with van der Waals surface area (Å²) in [4.78, 5) is 72.7. The van der Waals surface area contributed by atoms with Crippen LogP contribution in [0.2, 0.25) is 0 Å². The van der Waals surface area contributed by atoms with Crippen LogP contribution in [0.15, 0.2) is 85.1 Å². The Labute approximate surface area is 583 Å². The van der Waals surface area contributed by atoms with Crippen LogP contribution in [-0.4, -0.2) is 96.7 Å². The molecule has 0 amide bonds. The Morgan fingerprint density at radius 2 is 0.562 bits per heavy atom. The largest absolute Gasteiger partial charge is 0.472 e. The Morgan fingerprint density at radius 1 is 0.302 bits per heavy atom. The summed E-state index contributed by atoms with van der Waals surface area (Å²) in [5.74, 6) is -2.24. The minimum Gasteiger partial charge on any atom is -0.462 e. The van der Waals surface area contributed by atoms with Crippen LogP contribution >= 0.6 is 15.6 Å². The molecule has 5 unspecified atom stereocenters. The zero-order chi connectivity index (χ0) is 70.4. The number of carbonyl (C=O) groups excluding carboxylic acids is 4. The van der Waals surface area contributed by atoms with E-state index in [1.165, 1.54) is 103 Å². The third kappa shape index (κ3) is 68.8. The smallest absolute Gasteiger partial charge is 0.462 e. The predicted octanol–water partition coefficient (Wildman–Crippen LogP) is 21.4. The van der Waals surface area contributed by atoms with Crippen molar-refractivity contribution in [2.24, 2.45) is 0 Å². The highest BCUT2D eigenvalue weighted by atomic mass is 31.2. The molecule has 0 aliphatic carbocycles. The van der Waals surface area contributed by atoms with Crippen molar-refractivity contribution in [1.29, 1.82) is 0 Å². The summed E-state index contributed by atoms with van der Waals surface area (Å²) in [7, 11) is -9.95. The van der Waals surface area contributed by atoms with E-state index >= 15 is 0 Å². The number of rotatable bonds is 71. The summed E-state index contributed by atoms with van der Waals surface area (Å²) in [5, 5.41) is 10.6.